The molecule has 0 bridgehead atoms. The first-order valence-corrected chi connectivity index (χ1v) is 8.91. The Balaban J connectivity index is 1.57. The predicted molar refractivity (Wildman–Crippen MR) is 99.9 cm³/mol. The Hall–Kier alpha value is -3.46. The summed E-state index contributed by atoms with van der Waals surface area (Å²) in [5.74, 6) is 1.63. The first kappa shape index (κ1) is 17.0. The number of carbonyl (C=O) groups excluding carboxylic acids is 1. The highest BCUT2D eigenvalue weighted by Gasteiger charge is 2.29. The maximum absolute atomic E-state index is 12.9. The topological polar surface area (TPSA) is 74.8 Å². The van der Waals surface area contributed by atoms with E-state index in [1.54, 1.807) is 29.2 Å². The Bertz CT molecular complexity index is 1020. The van der Waals surface area contributed by atoms with Gasteiger partial charge in [-0.05, 0) is 30.7 Å². The summed E-state index contributed by atoms with van der Waals surface area (Å²) in [7, 11) is 0. The van der Waals surface area contributed by atoms with E-state index in [9.17, 15) is 4.79 Å². The first-order chi connectivity index (χ1) is 13.2. The summed E-state index contributed by atoms with van der Waals surface area (Å²) < 4.78 is 2.14. The van der Waals surface area contributed by atoms with E-state index in [-0.39, 0.29) is 11.9 Å². The third-order valence-electron chi connectivity index (χ3n) is 4.83. The quantitative estimate of drug-likeness (QED) is 0.722. The highest BCUT2D eigenvalue weighted by atomic mass is 16.2. The summed E-state index contributed by atoms with van der Waals surface area (Å²) in [4.78, 5) is 14.7. The average molecular weight is 357 g/mol. The number of nitriles is 1. The molecule has 0 saturated heterocycles. The van der Waals surface area contributed by atoms with Gasteiger partial charge in [0.1, 0.15) is 5.82 Å². The van der Waals surface area contributed by atoms with Crippen LogP contribution in [0.1, 0.15) is 46.1 Å². The van der Waals surface area contributed by atoms with Gasteiger partial charge in [-0.15, -0.1) is 10.2 Å². The predicted octanol–water partition coefficient (Wildman–Crippen LogP) is 2.96. The van der Waals surface area contributed by atoms with Crippen LogP contribution in [0.4, 0.5) is 0 Å². The lowest BCUT2D eigenvalue weighted by atomic mass is 10.1. The fourth-order valence-corrected chi connectivity index (χ4v) is 3.57. The van der Waals surface area contributed by atoms with E-state index in [0.29, 0.717) is 24.2 Å². The van der Waals surface area contributed by atoms with Gasteiger partial charge in [0.15, 0.2) is 5.82 Å². The van der Waals surface area contributed by atoms with Crippen LogP contribution in [0.15, 0.2) is 54.6 Å². The minimum Gasteiger partial charge on any atom is -0.329 e. The third-order valence-corrected chi connectivity index (χ3v) is 4.83. The molecule has 3 aromatic rings. The monoisotopic (exact) mass is 357 g/mol. The average Bonchev–Trinajstić information content (AvgIpc) is 3.11. The molecule has 1 aliphatic heterocycles. The molecule has 6 nitrogen and oxygen atoms in total. The number of benzene rings is 2. The fraction of sp³-hybridized carbons (Fsp3) is 0.238. The molecule has 6 heteroatoms. The molecule has 1 aliphatic rings. The standard InChI is InChI=1S/C21H19N5O/c1-15-13-25(21(27)18-9-5-8-17(10-18)12-22)14-20-24-23-19(26(15)20)11-16-6-3-2-4-7-16/h2-10,15H,11,13-14H2,1H3/t15-/m0/s1. The van der Waals surface area contributed by atoms with Gasteiger partial charge in [-0.25, -0.2) is 0 Å². The summed E-state index contributed by atoms with van der Waals surface area (Å²) >= 11 is 0. The number of hydrogen-bond acceptors (Lipinski definition) is 4. The van der Waals surface area contributed by atoms with Crippen molar-refractivity contribution in [1.82, 2.24) is 19.7 Å². The molecule has 4 rings (SSSR count). The minimum absolute atomic E-state index is 0.0854. The fourth-order valence-electron chi connectivity index (χ4n) is 3.57. The Morgan fingerprint density at radius 3 is 2.78 bits per heavy atom. The van der Waals surface area contributed by atoms with Gasteiger partial charge in [-0.1, -0.05) is 36.4 Å². The van der Waals surface area contributed by atoms with Crippen LogP contribution in [0.5, 0.6) is 0 Å². The molecule has 0 saturated carbocycles. The van der Waals surface area contributed by atoms with Crippen molar-refractivity contribution in [2.45, 2.75) is 25.9 Å². The number of nitrogens with zero attached hydrogens (tertiary/aromatic N) is 5. The van der Waals surface area contributed by atoms with Crippen LogP contribution in [-0.4, -0.2) is 32.1 Å². The molecule has 1 aromatic heterocycles. The van der Waals surface area contributed by atoms with Crippen molar-refractivity contribution in [3.8, 4) is 6.07 Å². The maximum atomic E-state index is 12.9. The lowest BCUT2D eigenvalue weighted by molar-refractivity contribution is 0.0679. The smallest absolute Gasteiger partial charge is 0.254 e. The molecule has 0 N–H and O–H groups in total. The van der Waals surface area contributed by atoms with Gasteiger partial charge in [0.2, 0.25) is 0 Å². The van der Waals surface area contributed by atoms with E-state index < -0.39 is 0 Å². The van der Waals surface area contributed by atoms with Crippen molar-refractivity contribution in [1.29, 1.82) is 5.26 Å². The molecular weight excluding hydrogens is 338 g/mol. The van der Waals surface area contributed by atoms with Crippen LogP contribution in [0, 0.1) is 11.3 Å². The van der Waals surface area contributed by atoms with Gasteiger partial charge < -0.3 is 9.47 Å². The molecule has 0 spiro atoms. The van der Waals surface area contributed by atoms with Crippen LogP contribution in [0.3, 0.4) is 0 Å². The number of hydrogen-bond donors (Lipinski definition) is 0. The number of carbonyl (C=O) groups is 1. The zero-order valence-electron chi connectivity index (χ0n) is 15.0. The summed E-state index contributed by atoms with van der Waals surface area (Å²) in [5, 5.41) is 17.8. The molecule has 0 aliphatic carbocycles. The molecule has 134 valence electrons. The molecule has 27 heavy (non-hydrogen) atoms. The van der Waals surface area contributed by atoms with Crippen molar-refractivity contribution in [3.05, 3.63) is 82.9 Å². The number of amides is 1. The van der Waals surface area contributed by atoms with E-state index in [1.807, 2.05) is 18.2 Å². The maximum Gasteiger partial charge on any atom is 0.254 e. The molecule has 2 aromatic carbocycles. The second-order valence-electron chi connectivity index (χ2n) is 6.79. The van der Waals surface area contributed by atoms with Crippen molar-refractivity contribution in [2.75, 3.05) is 6.54 Å². The molecular formula is C21H19N5O. The number of fused-ring (bicyclic) bond motifs is 1. The second-order valence-corrected chi connectivity index (χ2v) is 6.79. The lowest BCUT2D eigenvalue weighted by Gasteiger charge is -2.32. The van der Waals surface area contributed by atoms with E-state index >= 15 is 0 Å². The number of aromatic nitrogens is 3. The lowest BCUT2D eigenvalue weighted by Crippen LogP contribution is -2.40. The second kappa shape index (κ2) is 7.04. The van der Waals surface area contributed by atoms with Crippen molar-refractivity contribution in [2.24, 2.45) is 0 Å². The molecule has 0 radical (unpaired) electrons. The molecule has 2 heterocycles. The van der Waals surface area contributed by atoms with E-state index in [4.69, 9.17) is 5.26 Å². The molecule has 1 amide bonds. The van der Waals surface area contributed by atoms with Gasteiger partial charge in [0.25, 0.3) is 5.91 Å². The van der Waals surface area contributed by atoms with E-state index in [0.717, 1.165) is 18.1 Å². The zero-order chi connectivity index (χ0) is 18.8. The minimum atomic E-state index is -0.0854. The van der Waals surface area contributed by atoms with E-state index in [1.165, 1.54) is 5.56 Å². The van der Waals surface area contributed by atoms with E-state index in [2.05, 4.69) is 39.9 Å². The first-order valence-electron chi connectivity index (χ1n) is 8.91. The number of rotatable bonds is 3. The van der Waals surface area contributed by atoms with Gasteiger partial charge >= 0.3 is 0 Å². The van der Waals surface area contributed by atoms with Crippen LogP contribution >= 0.6 is 0 Å². The summed E-state index contributed by atoms with van der Waals surface area (Å²) in [5.41, 5.74) is 2.20. The molecule has 1 atom stereocenters. The molecule has 0 fully saturated rings. The summed E-state index contributed by atoms with van der Waals surface area (Å²) in [6, 6.07) is 19.2. The Labute approximate surface area is 157 Å². The van der Waals surface area contributed by atoms with Crippen LogP contribution in [0.2, 0.25) is 0 Å². The van der Waals surface area contributed by atoms with Crippen LogP contribution < -0.4 is 0 Å². The van der Waals surface area contributed by atoms with Crippen LogP contribution in [-0.2, 0) is 13.0 Å². The Morgan fingerprint density at radius 2 is 2.00 bits per heavy atom. The summed E-state index contributed by atoms with van der Waals surface area (Å²) in [6.07, 6.45) is 0.719. The van der Waals surface area contributed by atoms with Crippen molar-refractivity contribution in [3.63, 3.8) is 0 Å². The van der Waals surface area contributed by atoms with Crippen molar-refractivity contribution < 1.29 is 4.79 Å². The largest absolute Gasteiger partial charge is 0.329 e. The van der Waals surface area contributed by atoms with Crippen LogP contribution in [0.25, 0.3) is 0 Å². The summed E-state index contributed by atoms with van der Waals surface area (Å²) in [6.45, 7) is 3.08. The third kappa shape index (κ3) is 3.32. The van der Waals surface area contributed by atoms with Crippen molar-refractivity contribution >= 4 is 5.91 Å². The highest BCUT2D eigenvalue weighted by molar-refractivity contribution is 5.94. The molecule has 0 unspecified atom stereocenters. The van der Waals surface area contributed by atoms with Gasteiger partial charge in [-0.2, -0.15) is 5.26 Å². The Kier molecular flexibility index (Phi) is 4.43. The van der Waals surface area contributed by atoms with Gasteiger partial charge in [0, 0.05) is 18.5 Å². The van der Waals surface area contributed by atoms with Gasteiger partial charge in [0.05, 0.1) is 24.2 Å². The zero-order valence-corrected chi connectivity index (χ0v) is 15.0. The normalized spacial score (nSPS) is 15.9. The SMILES string of the molecule is C[C@H]1CN(C(=O)c2cccc(C#N)c2)Cc2nnc(Cc3ccccc3)n21. The Morgan fingerprint density at radius 1 is 1.19 bits per heavy atom. The van der Waals surface area contributed by atoms with Gasteiger partial charge in [-0.3, -0.25) is 4.79 Å². The highest BCUT2D eigenvalue weighted by Crippen LogP contribution is 2.24.